The van der Waals surface area contributed by atoms with Gasteiger partial charge in [0.15, 0.2) is 5.11 Å². The van der Waals surface area contributed by atoms with E-state index in [2.05, 4.69) is 30.0 Å². The second-order valence-corrected chi connectivity index (χ2v) is 7.37. The zero-order chi connectivity index (χ0) is 22.6. The van der Waals surface area contributed by atoms with E-state index in [4.69, 9.17) is 21.7 Å². The molecule has 3 N–H and O–H groups in total. The van der Waals surface area contributed by atoms with Crippen molar-refractivity contribution in [3.05, 3.63) is 65.7 Å². The molecule has 2 rings (SSSR count). The topological polar surface area (TPSA) is 88.7 Å². The molecule has 0 aliphatic carbocycles. The first-order valence-corrected chi connectivity index (χ1v) is 10.3. The van der Waals surface area contributed by atoms with E-state index in [1.165, 1.54) is 6.08 Å². The lowest BCUT2D eigenvalue weighted by Gasteiger charge is -2.11. The maximum Gasteiger partial charge on any atom is 0.269 e. The van der Waals surface area contributed by atoms with Gasteiger partial charge < -0.3 is 9.47 Å². The minimum atomic E-state index is -0.424. The van der Waals surface area contributed by atoms with Crippen molar-refractivity contribution in [3.8, 4) is 11.5 Å². The van der Waals surface area contributed by atoms with Crippen LogP contribution in [-0.2, 0) is 4.79 Å². The summed E-state index contributed by atoms with van der Waals surface area (Å²) < 4.78 is 11.0. The van der Waals surface area contributed by atoms with Crippen LogP contribution in [0.3, 0.4) is 0 Å². The summed E-state index contributed by atoms with van der Waals surface area (Å²) in [5.41, 5.74) is 6.21. The van der Waals surface area contributed by atoms with Gasteiger partial charge in [-0.2, -0.15) is 0 Å². The van der Waals surface area contributed by atoms with E-state index in [1.54, 1.807) is 30.3 Å². The van der Waals surface area contributed by atoms with Gasteiger partial charge in [-0.15, -0.1) is 0 Å². The summed E-state index contributed by atoms with van der Waals surface area (Å²) >= 11 is 5.03. The summed E-state index contributed by atoms with van der Waals surface area (Å²) in [6, 6.07) is 14.1. The average molecular weight is 442 g/mol. The molecule has 0 aliphatic heterocycles. The molecule has 0 unspecified atom stereocenters. The van der Waals surface area contributed by atoms with Crippen LogP contribution in [0.15, 0.2) is 54.6 Å². The number of benzene rings is 2. The Labute approximate surface area is 187 Å². The number of rotatable bonds is 8. The van der Waals surface area contributed by atoms with Gasteiger partial charge in [0.2, 0.25) is 5.91 Å². The molecule has 0 heterocycles. The fourth-order valence-electron chi connectivity index (χ4n) is 2.35. The highest BCUT2D eigenvalue weighted by Gasteiger charge is 2.07. The normalized spacial score (nSPS) is 10.6. The van der Waals surface area contributed by atoms with Gasteiger partial charge in [0.25, 0.3) is 5.91 Å². The van der Waals surface area contributed by atoms with Crippen LogP contribution in [0.1, 0.15) is 36.7 Å². The Morgan fingerprint density at radius 2 is 1.58 bits per heavy atom. The van der Waals surface area contributed by atoms with Crippen LogP contribution >= 0.6 is 12.2 Å². The monoisotopic (exact) mass is 441 g/mol. The molecule has 0 aliphatic rings. The van der Waals surface area contributed by atoms with Crippen molar-refractivity contribution in [3.63, 3.8) is 0 Å². The Hall–Kier alpha value is -3.39. The highest BCUT2D eigenvalue weighted by Crippen LogP contribution is 2.14. The summed E-state index contributed by atoms with van der Waals surface area (Å²) in [6.07, 6.45) is 3.00. The van der Waals surface area contributed by atoms with E-state index in [0.717, 1.165) is 11.3 Å². The number of amides is 2. The maximum absolute atomic E-state index is 12.2. The number of thiocarbonyl (C=S) groups is 1. The van der Waals surface area contributed by atoms with Gasteiger partial charge in [-0.3, -0.25) is 25.8 Å². The largest absolute Gasteiger partial charge is 0.494 e. The number of carbonyl (C=O) groups excluding carboxylic acids is 2. The quantitative estimate of drug-likeness (QED) is 0.330. The van der Waals surface area contributed by atoms with E-state index < -0.39 is 11.8 Å². The zero-order valence-corrected chi connectivity index (χ0v) is 18.6. The van der Waals surface area contributed by atoms with Gasteiger partial charge >= 0.3 is 0 Å². The van der Waals surface area contributed by atoms with Gasteiger partial charge in [0.05, 0.1) is 13.2 Å². The summed E-state index contributed by atoms with van der Waals surface area (Å²) in [5, 5.41) is 2.44. The second-order valence-electron chi connectivity index (χ2n) is 6.96. The van der Waals surface area contributed by atoms with Gasteiger partial charge in [0, 0.05) is 11.6 Å². The van der Waals surface area contributed by atoms with Crippen LogP contribution < -0.4 is 25.6 Å². The molecule has 0 bridgehead atoms. The number of carbonyl (C=O) groups is 2. The first-order chi connectivity index (χ1) is 14.9. The first-order valence-electron chi connectivity index (χ1n) is 9.92. The van der Waals surface area contributed by atoms with Crippen LogP contribution in [0.2, 0.25) is 0 Å². The molecule has 0 saturated carbocycles. The van der Waals surface area contributed by atoms with Crippen LogP contribution in [0.4, 0.5) is 0 Å². The first kappa shape index (κ1) is 23.9. The standard InChI is InChI=1S/C23H27N3O4S/c1-4-29-19-10-5-17(6-11-19)7-14-21(27)24-23(31)26-25-22(28)18-8-12-20(13-9-18)30-15-16(2)3/h5-14,16H,4,15H2,1-3H3,(H,25,28)(H2,24,26,27,31)/b14-7+. The third-order valence-corrected chi connectivity index (χ3v) is 4.05. The van der Waals surface area contributed by atoms with E-state index in [1.807, 2.05) is 31.2 Å². The second kappa shape index (κ2) is 12.3. The predicted molar refractivity (Wildman–Crippen MR) is 125 cm³/mol. The molecule has 0 spiro atoms. The van der Waals surface area contributed by atoms with Crippen molar-refractivity contribution in [2.75, 3.05) is 13.2 Å². The summed E-state index contributed by atoms with van der Waals surface area (Å²) in [4.78, 5) is 24.2. The molecule has 0 radical (unpaired) electrons. The Bertz CT molecular complexity index is 909. The van der Waals surface area contributed by atoms with E-state index in [-0.39, 0.29) is 5.11 Å². The van der Waals surface area contributed by atoms with Crippen LogP contribution in [-0.4, -0.2) is 30.1 Å². The fraction of sp³-hybridized carbons (Fsp3) is 0.261. The molecule has 0 fully saturated rings. The third kappa shape index (κ3) is 8.88. The molecular formula is C23H27N3O4S. The van der Waals surface area contributed by atoms with Crippen molar-refractivity contribution >= 4 is 35.2 Å². The average Bonchev–Trinajstić information content (AvgIpc) is 2.76. The molecule has 8 heteroatoms. The Balaban J connectivity index is 1.76. The molecule has 164 valence electrons. The molecule has 7 nitrogen and oxygen atoms in total. The number of nitrogens with one attached hydrogen (secondary N) is 3. The van der Waals surface area contributed by atoms with Gasteiger partial charge in [-0.05, 0) is 73.1 Å². The molecule has 2 amide bonds. The van der Waals surface area contributed by atoms with E-state index in [9.17, 15) is 9.59 Å². The van der Waals surface area contributed by atoms with E-state index in [0.29, 0.717) is 30.4 Å². The van der Waals surface area contributed by atoms with Crippen molar-refractivity contribution < 1.29 is 19.1 Å². The SMILES string of the molecule is CCOc1ccc(/C=C/C(=O)NC(=S)NNC(=O)c2ccc(OCC(C)C)cc2)cc1. The number of hydrazine groups is 1. The molecular weight excluding hydrogens is 414 g/mol. The summed E-state index contributed by atoms with van der Waals surface area (Å²) in [7, 11) is 0. The molecule has 2 aromatic carbocycles. The molecule has 2 aromatic rings. The van der Waals surface area contributed by atoms with Crippen molar-refractivity contribution in [1.82, 2.24) is 16.2 Å². The molecule has 0 aromatic heterocycles. The zero-order valence-electron chi connectivity index (χ0n) is 17.8. The fourth-order valence-corrected chi connectivity index (χ4v) is 2.50. The minimum Gasteiger partial charge on any atom is -0.494 e. The molecule has 31 heavy (non-hydrogen) atoms. The Morgan fingerprint density at radius 3 is 2.19 bits per heavy atom. The Kier molecular flexibility index (Phi) is 9.51. The van der Waals surface area contributed by atoms with Crippen molar-refractivity contribution in [2.24, 2.45) is 5.92 Å². The van der Waals surface area contributed by atoms with Gasteiger partial charge in [0.1, 0.15) is 11.5 Å². The number of hydrogen-bond acceptors (Lipinski definition) is 5. The van der Waals surface area contributed by atoms with Gasteiger partial charge in [-0.1, -0.05) is 26.0 Å². The van der Waals surface area contributed by atoms with Crippen LogP contribution in [0.5, 0.6) is 11.5 Å². The molecule has 0 atom stereocenters. The van der Waals surface area contributed by atoms with Crippen molar-refractivity contribution in [2.45, 2.75) is 20.8 Å². The number of ether oxygens (including phenoxy) is 2. The lowest BCUT2D eigenvalue weighted by molar-refractivity contribution is -0.115. The van der Waals surface area contributed by atoms with Crippen LogP contribution in [0.25, 0.3) is 6.08 Å². The van der Waals surface area contributed by atoms with E-state index >= 15 is 0 Å². The van der Waals surface area contributed by atoms with Crippen molar-refractivity contribution in [1.29, 1.82) is 0 Å². The minimum absolute atomic E-state index is 0.0217. The highest BCUT2D eigenvalue weighted by molar-refractivity contribution is 7.80. The number of hydrogen-bond donors (Lipinski definition) is 3. The highest BCUT2D eigenvalue weighted by atomic mass is 32.1. The lowest BCUT2D eigenvalue weighted by atomic mass is 10.2. The predicted octanol–water partition coefficient (Wildman–Crippen LogP) is 3.47. The van der Waals surface area contributed by atoms with Crippen LogP contribution in [0, 0.1) is 5.92 Å². The summed E-state index contributed by atoms with van der Waals surface area (Å²) in [6.45, 7) is 7.23. The Morgan fingerprint density at radius 1 is 0.968 bits per heavy atom. The molecule has 0 saturated heterocycles. The lowest BCUT2D eigenvalue weighted by Crippen LogP contribution is -2.48. The maximum atomic E-state index is 12.2. The summed E-state index contributed by atoms with van der Waals surface area (Å²) in [5.74, 6) is 1.06. The smallest absolute Gasteiger partial charge is 0.269 e. The third-order valence-electron chi connectivity index (χ3n) is 3.84. The van der Waals surface area contributed by atoms with Gasteiger partial charge in [-0.25, -0.2) is 0 Å².